The minimum atomic E-state index is -0.138. The van der Waals surface area contributed by atoms with Gasteiger partial charge in [-0.1, -0.05) is 66.7 Å². The van der Waals surface area contributed by atoms with Crippen molar-refractivity contribution in [1.82, 2.24) is 10.2 Å². The fourth-order valence-corrected chi connectivity index (χ4v) is 3.57. The molecule has 0 unspecified atom stereocenters. The highest BCUT2D eigenvalue weighted by Crippen LogP contribution is 2.19. The van der Waals surface area contributed by atoms with E-state index in [4.69, 9.17) is 9.47 Å². The van der Waals surface area contributed by atoms with Crippen molar-refractivity contribution in [3.05, 3.63) is 101 Å². The molecule has 0 spiro atoms. The van der Waals surface area contributed by atoms with Gasteiger partial charge in [-0.2, -0.15) is 0 Å². The van der Waals surface area contributed by atoms with Crippen LogP contribution in [0.25, 0.3) is 0 Å². The fourth-order valence-electron chi connectivity index (χ4n) is 3.57. The summed E-state index contributed by atoms with van der Waals surface area (Å²) < 4.78 is 11.3. The van der Waals surface area contributed by atoms with Crippen molar-refractivity contribution < 1.29 is 14.3 Å². The van der Waals surface area contributed by atoms with Crippen molar-refractivity contribution >= 4 is 5.91 Å². The van der Waals surface area contributed by atoms with Crippen molar-refractivity contribution in [2.24, 2.45) is 0 Å². The molecule has 0 radical (unpaired) electrons. The number of benzene rings is 3. The first-order chi connectivity index (χ1) is 15.3. The minimum absolute atomic E-state index is 0.138. The Morgan fingerprint density at radius 3 is 2.29 bits per heavy atom. The number of hydrogen-bond acceptors (Lipinski definition) is 4. The van der Waals surface area contributed by atoms with Crippen LogP contribution < -0.4 is 10.1 Å². The molecule has 31 heavy (non-hydrogen) atoms. The van der Waals surface area contributed by atoms with Gasteiger partial charge >= 0.3 is 0 Å². The van der Waals surface area contributed by atoms with Gasteiger partial charge in [0, 0.05) is 26.2 Å². The quantitative estimate of drug-likeness (QED) is 0.602. The van der Waals surface area contributed by atoms with Gasteiger partial charge in [0.15, 0.2) is 0 Å². The van der Waals surface area contributed by atoms with Crippen molar-refractivity contribution in [3.8, 4) is 5.75 Å². The first-order valence-electron chi connectivity index (χ1n) is 10.7. The summed E-state index contributed by atoms with van der Waals surface area (Å²) in [6.07, 6.45) is 0. The number of hydrogen-bond donors (Lipinski definition) is 1. The van der Waals surface area contributed by atoms with Crippen LogP contribution in [-0.2, 0) is 24.4 Å². The van der Waals surface area contributed by atoms with Gasteiger partial charge < -0.3 is 14.8 Å². The number of ether oxygens (including phenoxy) is 2. The van der Waals surface area contributed by atoms with Crippen LogP contribution in [0.5, 0.6) is 5.75 Å². The van der Waals surface area contributed by atoms with Crippen molar-refractivity contribution in [2.75, 3.05) is 26.3 Å². The fraction of sp³-hybridized carbons (Fsp3) is 0.269. The summed E-state index contributed by atoms with van der Waals surface area (Å²) in [6.45, 7) is 5.40. The molecule has 0 aliphatic carbocycles. The van der Waals surface area contributed by atoms with Gasteiger partial charge in [-0.05, 0) is 28.8 Å². The van der Waals surface area contributed by atoms with E-state index in [2.05, 4.69) is 34.5 Å². The van der Waals surface area contributed by atoms with Crippen molar-refractivity contribution in [2.45, 2.75) is 19.7 Å². The maximum atomic E-state index is 12.8. The van der Waals surface area contributed by atoms with Crippen LogP contribution in [-0.4, -0.2) is 37.1 Å². The second-order valence-corrected chi connectivity index (χ2v) is 7.66. The third kappa shape index (κ3) is 6.17. The smallest absolute Gasteiger partial charge is 0.255 e. The van der Waals surface area contributed by atoms with Gasteiger partial charge in [-0.25, -0.2) is 0 Å². The Hall–Kier alpha value is -3.15. The number of carbonyl (C=O) groups excluding carboxylic acids is 1. The number of morpholine rings is 1. The zero-order valence-electron chi connectivity index (χ0n) is 17.6. The molecule has 4 rings (SSSR count). The highest BCUT2D eigenvalue weighted by molar-refractivity contribution is 5.96. The molecule has 3 aromatic carbocycles. The summed E-state index contributed by atoms with van der Waals surface area (Å²) in [5, 5.41) is 3.01. The predicted molar refractivity (Wildman–Crippen MR) is 121 cm³/mol. The lowest BCUT2D eigenvalue weighted by Crippen LogP contribution is -2.35. The van der Waals surface area contributed by atoms with Gasteiger partial charge in [0.1, 0.15) is 12.4 Å². The molecule has 1 aliphatic rings. The summed E-state index contributed by atoms with van der Waals surface area (Å²) in [7, 11) is 0. The Labute approximate surface area is 183 Å². The molecular formula is C26H28N2O3. The van der Waals surface area contributed by atoms with Gasteiger partial charge in [-0.15, -0.1) is 0 Å². The van der Waals surface area contributed by atoms with Crippen LogP contribution in [0.3, 0.4) is 0 Å². The second kappa shape index (κ2) is 10.8. The van der Waals surface area contributed by atoms with Crippen LogP contribution in [0.15, 0.2) is 78.9 Å². The molecule has 160 valence electrons. The molecule has 1 N–H and O–H groups in total. The lowest BCUT2D eigenvalue weighted by atomic mass is 10.1. The largest absolute Gasteiger partial charge is 0.488 e. The van der Waals surface area contributed by atoms with Crippen LogP contribution in [0.2, 0.25) is 0 Å². The summed E-state index contributed by atoms with van der Waals surface area (Å²) in [5.41, 5.74) is 3.95. The van der Waals surface area contributed by atoms with E-state index in [-0.39, 0.29) is 5.91 Å². The average molecular weight is 417 g/mol. The molecule has 0 atom stereocenters. The Kier molecular flexibility index (Phi) is 7.32. The van der Waals surface area contributed by atoms with Crippen LogP contribution in [0.1, 0.15) is 27.0 Å². The van der Waals surface area contributed by atoms with E-state index in [0.717, 1.165) is 44.0 Å². The third-order valence-electron chi connectivity index (χ3n) is 5.35. The molecular weight excluding hydrogens is 388 g/mol. The summed E-state index contributed by atoms with van der Waals surface area (Å²) in [4.78, 5) is 15.2. The Bertz CT molecular complexity index is 967. The SMILES string of the molecule is O=C(NCc1ccc(CN2CCOCC2)cc1)c1ccccc1OCc1ccccc1. The number of carbonyl (C=O) groups is 1. The normalized spacial score (nSPS) is 14.2. The second-order valence-electron chi connectivity index (χ2n) is 7.66. The maximum Gasteiger partial charge on any atom is 0.255 e. The van der Waals surface area contributed by atoms with Crippen molar-refractivity contribution in [1.29, 1.82) is 0 Å². The van der Waals surface area contributed by atoms with E-state index < -0.39 is 0 Å². The lowest BCUT2D eigenvalue weighted by molar-refractivity contribution is 0.0342. The zero-order valence-corrected chi connectivity index (χ0v) is 17.6. The van der Waals surface area contributed by atoms with E-state index in [1.54, 1.807) is 6.07 Å². The number of rotatable bonds is 8. The Morgan fingerprint density at radius 1 is 0.839 bits per heavy atom. The van der Waals surface area contributed by atoms with Gasteiger partial charge in [0.05, 0.1) is 18.8 Å². The predicted octanol–water partition coefficient (Wildman–Crippen LogP) is 4.03. The van der Waals surface area contributed by atoms with Crippen LogP contribution >= 0.6 is 0 Å². The molecule has 1 heterocycles. The third-order valence-corrected chi connectivity index (χ3v) is 5.35. The highest BCUT2D eigenvalue weighted by atomic mass is 16.5. The van der Waals surface area contributed by atoms with Gasteiger partial charge in [0.25, 0.3) is 5.91 Å². The maximum absolute atomic E-state index is 12.8. The molecule has 3 aromatic rings. The zero-order chi connectivity index (χ0) is 21.3. The first-order valence-corrected chi connectivity index (χ1v) is 10.7. The van der Waals surface area contributed by atoms with Crippen LogP contribution in [0, 0.1) is 0 Å². The number of nitrogens with zero attached hydrogens (tertiary/aromatic N) is 1. The topological polar surface area (TPSA) is 50.8 Å². The molecule has 0 aromatic heterocycles. The highest BCUT2D eigenvalue weighted by Gasteiger charge is 2.13. The standard InChI is InChI=1S/C26H28N2O3/c29-26(24-8-4-5-9-25(24)31-20-23-6-2-1-3-7-23)27-18-21-10-12-22(13-11-21)19-28-14-16-30-17-15-28/h1-13H,14-20H2,(H,27,29). The summed E-state index contributed by atoms with van der Waals surface area (Å²) in [6, 6.07) is 25.7. The molecule has 1 fully saturated rings. The Balaban J connectivity index is 1.31. The summed E-state index contributed by atoms with van der Waals surface area (Å²) >= 11 is 0. The van der Waals surface area contributed by atoms with E-state index in [1.165, 1.54) is 5.56 Å². The number of amides is 1. The first kappa shape index (κ1) is 21.1. The van der Waals surface area contributed by atoms with E-state index in [0.29, 0.717) is 24.5 Å². The van der Waals surface area contributed by atoms with Gasteiger partial charge in [0.2, 0.25) is 0 Å². The molecule has 0 bridgehead atoms. The van der Waals surface area contributed by atoms with Crippen molar-refractivity contribution in [3.63, 3.8) is 0 Å². The van der Waals surface area contributed by atoms with E-state index >= 15 is 0 Å². The average Bonchev–Trinajstić information content (AvgIpc) is 2.83. The molecule has 5 heteroatoms. The molecule has 1 amide bonds. The minimum Gasteiger partial charge on any atom is -0.488 e. The van der Waals surface area contributed by atoms with E-state index in [1.807, 2.05) is 48.5 Å². The Morgan fingerprint density at radius 2 is 1.52 bits per heavy atom. The molecule has 1 aliphatic heterocycles. The molecule has 5 nitrogen and oxygen atoms in total. The monoisotopic (exact) mass is 416 g/mol. The lowest BCUT2D eigenvalue weighted by Gasteiger charge is -2.26. The van der Waals surface area contributed by atoms with E-state index in [9.17, 15) is 4.79 Å². The summed E-state index contributed by atoms with van der Waals surface area (Å²) in [5.74, 6) is 0.450. The van der Waals surface area contributed by atoms with Gasteiger partial charge in [-0.3, -0.25) is 9.69 Å². The molecule has 0 saturated carbocycles. The number of para-hydroxylation sites is 1. The van der Waals surface area contributed by atoms with Crippen LogP contribution in [0.4, 0.5) is 0 Å². The molecule has 1 saturated heterocycles. The number of nitrogens with one attached hydrogen (secondary N) is 1.